The lowest BCUT2D eigenvalue weighted by Gasteiger charge is -2.14. The molecule has 1 aliphatic heterocycles. The zero-order valence-corrected chi connectivity index (χ0v) is 4.28. The number of alkyl halides is 1. The fourth-order valence-electron chi connectivity index (χ4n) is 0.809. The Morgan fingerprint density at radius 1 is 1.43 bits per heavy atom. The summed E-state index contributed by atoms with van der Waals surface area (Å²) in [6.07, 6.45) is 2.18. The Labute approximate surface area is 42.9 Å². The standard InChI is InChI=1S/C5H10FN/c6-5-3-1-2-4-7-5/h5,7H,1-4H2/t5-/m0/s1. The summed E-state index contributed by atoms with van der Waals surface area (Å²) in [5, 5.41) is 2.72. The van der Waals surface area contributed by atoms with Crippen LogP contribution < -0.4 is 5.32 Å². The van der Waals surface area contributed by atoms with E-state index in [9.17, 15) is 4.39 Å². The minimum Gasteiger partial charge on any atom is -0.288 e. The van der Waals surface area contributed by atoms with Crippen LogP contribution in [0.2, 0.25) is 0 Å². The van der Waals surface area contributed by atoms with E-state index in [1.54, 1.807) is 0 Å². The molecule has 2 heteroatoms. The summed E-state index contributed by atoms with van der Waals surface area (Å²) in [5.41, 5.74) is 0. The summed E-state index contributed by atoms with van der Waals surface area (Å²) >= 11 is 0. The molecule has 0 aromatic carbocycles. The van der Waals surface area contributed by atoms with E-state index in [1.807, 2.05) is 0 Å². The number of halogens is 1. The van der Waals surface area contributed by atoms with Gasteiger partial charge in [0.05, 0.1) is 0 Å². The SMILES string of the molecule is F[C@@H]1CCCCN1. The first-order chi connectivity index (χ1) is 3.39. The van der Waals surface area contributed by atoms with E-state index < -0.39 is 6.30 Å². The van der Waals surface area contributed by atoms with Crippen LogP contribution in [0.5, 0.6) is 0 Å². The Morgan fingerprint density at radius 3 is 2.57 bits per heavy atom. The second kappa shape index (κ2) is 2.26. The molecule has 1 atom stereocenters. The van der Waals surface area contributed by atoms with E-state index in [2.05, 4.69) is 5.32 Å². The van der Waals surface area contributed by atoms with Gasteiger partial charge in [0, 0.05) is 0 Å². The third kappa shape index (κ3) is 1.43. The highest BCUT2D eigenvalue weighted by molar-refractivity contribution is 4.60. The van der Waals surface area contributed by atoms with Gasteiger partial charge in [0.15, 0.2) is 6.30 Å². The first-order valence-corrected chi connectivity index (χ1v) is 2.77. The van der Waals surface area contributed by atoms with E-state index in [0.29, 0.717) is 6.42 Å². The van der Waals surface area contributed by atoms with Gasteiger partial charge in [0.1, 0.15) is 0 Å². The van der Waals surface area contributed by atoms with Crippen LogP contribution in [0.15, 0.2) is 0 Å². The van der Waals surface area contributed by atoms with E-state index in [1.165, 1.54) is 0 Å². The van der Waals surface area contributed by atoms with Crippen molar-refractivity contribution >= 4 is 0 Å². The maximum Gasteiger partial charge on any atom is 0.151 e. The average Bonchev–Trinajstić information content (AvgIpc) is 1.69. The quantitative estimate of drug-likeness (QED) is 0.452. The molecule has 0 spiro atoms. The van der Waals surface area contributed by atoms with Gasteiger partial charge in [-0.2, -0.15) is 0 Å². The molecule has 42 valence electrons. The van der Waals surface area contributed by atoms with Crippen LogP contribution in [0.3, 0.4) is 0 Å². The lowest BCUT2D eigenvalue weighted by Crippen LogP contribution is -2.29. The third-order valence-corrected chi connectivity index (χ3v) is 1.25. The monoisotopic (exact) mass is 103 g/mol. The minimum atomic E-state index is -0.714. The van der Waals surface area contributed by atoms with Gasteiger partial charge < -0.3 is 0 Å². The molecule has 7 heavy (non-hydrogen) atoms. The van der Waals surface area contributed by atoms with Crippen molar-refractivity contribution in [3.05, 3.63) is 0 Å². The molecule has 0 amide bonds. The molecular weight excluding hydrogens is 93.1 g/mol. The highest BCUT2D eigenvalue weighted by Crippen LogP contribution is 2.06. The Bertz CT molecular complexity index is 50.0. The van der Waals surface area contributed by atoms with Gasteiger partial charge in [-0.25, -0.2) is 4.39 Å². The Kier molecular flexibility index (Phi) is 1.63. The van der Waals surface area contributed by atoms with Crippen molar-refractivity contribution in [2.24, 2.45) is 0 Å². The first-order valence-electron chi connectivity index (χ1n) is 2.77. The van der Waals surface area contributed by atoms with Gasteiger partial charge in [-0.3, -0.25) is 5.32 Å². The summed E-state index contributed by atoms with van der Waals surface area (Å²) in [7, 11) is 0. The number of hydrogen-bond donors (Lipinski definition) is 1. The van der Waals surface area contributed by atoms with Crippen LogP contribution in [-0.4, -0.2) is 12.8 Å². The Morgan fingerprint density at radius 2 is 2.29 bits per heavy atom. The smallest absolute Gasteiger partial charge is 0.151 e. The summed E-state index contributed by atoms with van der Waals surface area (Å²) in [6, 6.07) is 0. The second-order valence-electron chi connectivity index (χ2n) is 1.92. The van der Waals surface area contributed by atoms with Gasteiger partial charge in [0.2, 0.25) is 0 Å². The molecule has 0 aromatic rings. The van der Waals surface area contributed by atoms with Crippen molar-refractivity contribution in [2.45, 2.75) is 25.6 Å². The van der Waals surface area contributed by atoms with Crippen LogP contribution in [0.25, 0.3) is 0 Å². The largest absolute Gasteiger partial charge is 0.288 e. The topological polar surface area (TPSA) is 12.0 Å². The Hall–Kier alpha value is -0.110. The molecule has 1 N–H and O–H groups in total. The summed E-state index contributed by atoms with van der Waals surface area (Å²) in [6.45, 7) is 0.862. The molecule has 0 unspecified atom stereocenters. The maximum atomic E-state index is 12.1. The van der Waals surface area contributed by atoms with Gasteiger partial charge >= 0.3 is 0 Å². The normalized spacial score (nSPS) is 33.0. The Balaban J connectivity index is 2.12. The molecule has 1 saturated heterocycles. The highest BCUT2D eigenvalue weighted by atomic mass is 19.1. The van der Waals surface area contributed by atoms with Crippen LogP contribution >= 0.6 is 0 Å². The van der Waals surface area contributed by atoms with Gasteiger partial charge in [-0.05, 0) is 25.8 Å². The van der Waals surface area contributed by atoms with E-state index in [-0.39, 0.29) is 0 Å². The zero-order chi connectivity index (χ0) is 5.11. The van der Waals surface area contributed by atoms with E-state index in [4.69, 9.17) is 0 Å². The molecule has 1 aliphatic rings. The van der Waals surface area contributed by atoms with Crippen molar-refractivity contribution in [3.63, 3.8) is 0 Å². The average molecular weight is 103 g/mol. The van der Waals surface area contributed by atoms with Crippen molar-refractivity contribution in [1.82, 2.24) is 5.32 Å². The van der Waals surface area contributed by atoms with Crippen molar-refractivity contribution in [1.29, 1.82) is 0 Å². The van der Waals surface area contributed by atoms with Crippen LogP contribution in [-0.2, 0) is 0 Å². The summed E-state index contributed by atoms with van der Waals surface area (Å²) in [4.78, 5) is 0. The fraction of sp³-hybridized carbons (Fsp3) is 1.00. The van der Waals surface area contributed by atoms with Crippen molar-refractivity contribution in [3.8, 4) is 0 Å². The molecule has 0 radical (unpaired) electrons. The van der Waals surface area contributed by atoms with E-state index >= 15 is 0 Å². The van der Waals surface area contributed by atoms with Gasteiger partial charge in [-0.1, -0.05) is 0 Å². The third-order valence-electron chi connectivity index (χ3n) is 1.25. The summed E-state index contributed by atoms with van der Waals surface area (Å²) in [5.74, 6) is 0. The first kappa shape index (κ1) is 5.04. The lowest BCUT2D eigenvalue weighted by molar-refractivity contribution is 0.223. The number of rotatable bonds is 0. The maximum absolute atomic E-state index is 12.1. The fourth-order valence-corrected chi connectivity index (χ4v) is 0.809. The predicted molar refractivity (Wildman–Crippen MR) is 26.7 cm³/mol. The predicted octanol–water partition coefficient (Wildman–Crippen LogP) is 1.06. The van der Waals surface area contributed by atoms with E-state index in [0.717, 1.165) is 19.4 Å². The van der Waals surface area contributed by atoms with Crippen LogP contribution in [0.1, 0.15) is 19.3 Å². The molecule has 1 heterocycles. The van der Waals surface area contributed by atoms with Crippen molar-refractivity contribution < 1.29 is 4.39 Å². The van der Waals surface area contributed by atoms with Gasteiger partial charge in [-0.15, -0.1) is 0 Å². The number of nitrogens with one attached hydrogen (secondary N) is 1. The van der Waals surface area contributed by atoms with Crippen molar-refractivity contribution in [2.75, 3.05) is 6.54 Å². The molecule has 1 rings (SSSR count). The van der Waals surface area contributed by atoms with Gasteiger partial charge in [0.25, 0.3) is 0 Å². The molecular formula is C5H10FN. The molecule has 1 fully saturated rings. The minimum absolute atomic E-state index is 0.708. The number of piperidine rings is 1. The molecule has 0 aliphatic carbocycles. The molecule has 1 nitrogen and oxygen atoms in total. The molecule has 0 bridgehead atoms. The zero-order valence-electron chi connectivity index (χ0n) is 4.28. The van der Waals surface area contributed by atoms with Crippen LogP contribution in [0.4, 0.5) is 4.39 Å². The molecule has 0 saturated carbocycles. The number of hydrogen-bond acceptors (Lipinski definition) is 1. The lowest BCUT2D eigenvalue weighted by atomic mass is 10.2. The summed E-state index contributed by atoms with van der Waals surface area (Å²) < 4.78 is 12.1. The second-order valence-corrected chi connectivity index (χ2v) is 1.92. The molecule has 0 aromatic heterocycles. The van der Waals surface area contributed by atoms with Crippen LogP contribution in [0, 0.1) is 0 Å². The highest BCUT2D eigenvalue weighted by Gasteiger charge is 2.08.